The molecule has 2 aromatic heterocycles. The van der Waals surface area contributed by atoms with Gasteiger partial charge in [-0.05, 0) is 40.8 Å². The van der Waals surface area contributed by atoms with E-state index in [2.05, 4.69) is 57.6 Å². The molecule has 0 saturated heterocycles. The number of unbranched alkanes of at least 4 members (excludes halogenated alkanes) is 1. The minimum absolute atomic E-state index is 0.526. The van der Waals surface area contributed by atoms with Crippen LogP contribution in [0.4, 0.5) is 5.82 Å². The second-order valence-corrected chi connectivity index (χ2v) is 9.77. The SMILES string of the molecule is CCCCc1nc2c(NCc3cc(OC)cc(OC)c3)nnc(C3=CCNC3)c2n1Cc1ccc(CN)cc1. The average molecular weight is 528 g/mol. The first-order valence-corrected chi connectivity index (χ1v) is 13.5. The summed E-state index contributed by atoms with van der Waals surface area (Å²) in [6, 6.07) is 14.3. The van der Waals surface area contributed by atoms with Crippen molar-refractivity contribution in [3.8, 4) is 11.5 Å². The number of fused-ring (bicyclic) bond motifs is 1. The van der Waals surface area contributed by atoms with Crippen molar-refractivity contribution in [3.63, 3.8) is 0 Å². The van der Waals surface area contributed by atoms with Crippen molar-refractivity contribution in [2.75, 3.05) is 32.6 Å². The number of benzene rings is 2. The Morgan fingerprint density at radius 2 is 1.74 bits per heavy atom. The zero-order valence-corrected chi connectivity index (χ0v) is 23.0. The summed E-state index contributed by atoms with van der Waals surface area (Å²) in [5, 5.41) is 16.3. The maximum absolute atomic E-state index is 5.84. The van der Waals surface area contributed by atoms with Crippen LogP contribution in [0.2, 0.25) is 0 Å². The van der Waals surface area contributed by atoms with E-state index >= 15 is 0 Å². The molecule has 0 amide bonds. The molecule has 1 aliphatic heterocycles. The van der Waals surface area contributed by atoms with Crippen LogP contribution in [0.5, 0.6) is 11.5 Å². The van der Waals surface area contributed by atoms with E-state index in [0.717, 1.165) is 83.1 Å². The lowest BCUT2D eigenvalue weighted by Gasteiger charge is -2.14. The zero-order valence-electron chi connectivity index (χ0n) is 23.0. The minimum Gasteiger partial charge on any atom is -0.497 e. The zero-order chi connectivity index (χ0) is 27.2. The van der Waals surface area contributed by atoms with Crippen molar-refractivity contribution in [2.45, 2.75) is 45.8 Å². The van der Waals surface area contributed by atoms with Crippen LogP contribution < -0.4 is 25.8 Å². The van der Waals surface area contributed by atoms with E-state index in [-0.39, 0.29) is 0 Å². The lowest BCUT2D eigenvalue weighted by atomic mass is 10.1. The normalized spacial score (nSPS) is 13.1. The molecule has 4 aromatic rings. The van der Waals surface area contributed by atoms with Crippen LogP contribution in [0, 0.1) is 0 Å². The van der Waals surface area contributed by atoms with E-state index in [1.807, 2.05) is 18.2 Å². The number of methoxy groups -OCH3 is 2. The van der Waals surface area contributed by atoms with Crippen LogP contribution in [0.3, 0.4) is 0 Å². The van der Waals surface area contributed by atoms with Gasteiger partial charge in [0.1, 0.15) is 34.1 Å². The van der Waals surface area contributed by atoms with Crippen molar-refractivity contribution in [2.24, 2.45) is 5.73 Å². The summed E-state index contributed by atoms with van der Waals surface area (Å²) >= 11 is 0. The highest BCUT2D eigenvalue weighted by Gasteiger charge is 2.23. The molecule has 9 heteroatoms. The van der Waals surface area contributed by atoms with Crippen LogP contribution in [-0.4, -0.2) is 47.1 Å². The number of hydrogen-bond donors (Lipinski definition) is 3. The first-order valence-electron chi connectivity index (χ1n) is 13.5. The largest absolute Gasteiger partial charge is 0.497 e. The number of ether oxygens (including phenoxy) is 2. The first kappa shape index (κ1) is 26.6. The van der Waals surface area contributed by atoms with Gasteiger partial charge in [0.25, 0.3) is 0 Å². The van der Waals surface area contributed by atoms with Crippen molar-refractivity contribution in [1.29, 1.82) is 0 Å². The molecule has 3 heterocycles. The molecule has 9 nitrogen and oxygen atoms in total. The summed E-state index contributed by atoms with van der Waals surface area (Å²) < 4.78 is 13.2. The van der Waals surface area contributed by atoms with E-state index in [1.54, 1.807) is 14.2 Å². The van der Waals surface area contributed by atoms with Crippen molar-refractivity contribution < 1.29 is 9.47 Å². The highest BCUT2D eigenvalue weighted by atomic mass is 16.5. The number of imidazole rings is 1. The highest BCUT2D eigenvalue weighted by molar-refractivity contribution is 5.94. The molecule has 39 heavy (non-hydrogen) atoms. The highest BCUT2D eigenvalue weighted by Crippen LogP contribution is 2.31. The van der Waals surface area contributed by atoms with Gasteiger partial charge >= 0.3 is 0 Å². The minimum atomic E-state index is 0.526. The van der Waals surface area contributed by atoms with Gasteiger partial charge in [0, 0.05) is 45.2 Å². The number of nitrogens with one attached hydrogen (secondary N) is 2. The maximum Gasteiger partial charge on any atom is 0.177 e. The molecule has 0 fully saturated rings. The Morgan fingerprint density at radius 1 is 1.00 bits per heavy atom. The molecule has 2 aromatic carbocycles. The quantitative estimate of drug-likeness (QED) is 0.250. The molecule has 0 unspecified atom stereocenters. The van der Waals surface area contributed by atoms with Gasteiger partial charge in [-0.3, -0.25) is 0 Å². The standard InChI is InChI=1S/C30H37N7O2/c1-4-5-6-26-34-28-29(37(26)19-21-9-7-20(16-31)8-10-21)27(23-11-12-32-18-23)35-36-30(28)33-17-22-13-24(38-2)15-25(14-22)39-3/h7-11,13-15,32H,4-6,12,16-19,31H2,1-3H3,(H,33,36). The summed E-state index contributed by atoms with van der Waals surface area (Å²) in [4.78, 5) is 5.17. The molecule has 0 aliphatic carbocycles. The predicted octanol–water partition coefficient (Wildman–Crippen LogP) is 4.29. The molecule has 204 valence electrons. The van der Waals surface area contributed by atoms with Gasteiger partial charge in [0.05, 0.1) is 14.2 Å². The summed E-state index contributed by atoms with van der Waals surface area (Å²) in [7, 11) is 3.31. The number of nitrogens with zero attached hydrogens (tertiary/aromatic N) is 4. The molecule has 0 atom stereocenters. The summed E-state index contributed by atoms with van der Waals surface area (Å²) in [5.74, 6) is 3.19. The monoisotopic (exact) mass is 527 g/mol. The number of aromatic nitrogens is 4. The fraction of sp³-hybridized carbons (Fsp3) is 0.367. The van der Waals surface area contributed by atoms with Gasteiger partial charge in [0.15, 0.2) is 5.82 Å². The molecule has 0 radical (unpaired) electrons. The summed E-state index contributed by atoms with van der Waals surface area (Å²) in [6.45, 7) is 5.56. The lowest BCUT2D eigenvalue weighted by Crippen LogP contribution is -2.12. The van der Waals surface area contributed by atoms with Gasteiger partial charge in [-0.2, -0.15) is 0 Å². The van der Waals surface area contributed by atoms with E-state index in [1.165, 1.54) is 5.56 Å². The Kier molecular flexibility index (Phi) is 8.39. The number of anilines is 1. The van der Waals surface area contributed by atoms with Gasteiger partial charge in [-0.25, -0.2) is 4.98 Å². The molecule has 4 N–H and O–H groups in total. The Hall–Kier alpha value is -3.95. The topological polar surface area (TPSA) is 112 Å². The van der Waals surface area contributed by atoms with Gasteiger partial charge in [-0.1, -0.05) is 43.7 Å². The van der Waals surface area contributed by atoms with E-state index in [9.17, 15) is 0 Å². The maximum atomic E-state index is 5.84. The smallest absolute Gasteiger partial charge is 0.177 e. The molecule has 0 spiro atoms. The number of hydrogen-bond acceptors (Lipinski definition) is 8. The van der Waals surface area contributed by atoms with Crippen LogP contribution >= 0.6 is 0 Å². The molecule has 5 rings (SSSR count). The van der Waals surface area contributed by atoms with Crippen LogP contribution in [0.25, 0.3) is 16.6 Å². The van der Waals surface area contributed by atoms with Crippen LogP contribution in [-0.2, 0) is 26.1 Å². The predicted molar refractivity (Wildman–Crippen MR) is 155 cm³/mol. The lowest BCUT2D eigenvalue weighted by molar-refractivity contribution is 0.393. The van der Waals surface area contributed by atoms with Gasteiger partial charge in [0.2, 0.25) is 0 Å². The Bertz CT molecular complexity index is 1440. The molecular formula is C30H37N7O2. The molecule has 1 aliphatic rings. The number of aryl methyl sites for hydroxylation is 1. The third-order valence-electron chi connectivity index (χ3n) is 7.08. The van der Waals surface area contributed by atoms with E-state index in [0.29, 0.717) is 25.5 Å². The van der Waals surface area contributed by atoms with Gasteiger partial charge < -0.3 is 30.4 Å². The van der Waals surface area contributed by atoms with Crippen LogP contribution in [0.1, 0.15) is 48.0 Å². The molecular weight excluding hydrogens is 490 g/mol. The summed E-state index contributed by atoms with van der Waals surface area (Å²) in [6.07, 6.45) is 5.23. The van der Waals surface area contributed by atoms with Crippen LogP contribution in [0.15, 0.2) is 48.5 Å². The molecule has 0 saturated carbocycles. The van der Waals surface area contributed by atoms with E-state index < -0.39 is 0 Å². The third kappa shape index (κ3) is 5.89. The van der Waals surface area contributed by atoms with Crippen molar-refractivity contribution >= 4 is 22.4 Å². The fourth-order valence-corrected chi connectivity index (χ4v) is 4.90. The molecule has 0 bridgehead atoms. The number of rotatable bonds is 12. The Balaban J connectivity index is 1.58. The average Bonchev–Trinajstić information content (AvgIpc) is 3.64. The van der Waals surface area contributed by atoms with Gasteiger partial charge in [-0.15, -0.1) is 10.2 Å². The van der Waals surface area contributed by atoms with E-state index in [4.69, 9.17) is 25.3 Å². The second-order valence-electron chi connectivity index (χ2n) is 9.77. The van der Waals surface area contributed by atoms with Crippen molar-refractivity contribution in [1.82, 2.24) is 25.1 Å². The third-order valence-corrected chi connectivity index (χ3v) is 7.08. The summed E-state index contributed by atoms with van der Waals surface area (Å²) in [5.41, 5.74) is 13.1. The fourth-order valence-electron chi connectivity index (χ4n) is 4.90. The van der Waals surface area contributed by atoms with Crippen molar-refractivity contribution in [3.05, 3.63) is 76.7 Å². The number of nitrogens with two attached hydrogens (primary N) is 1. The first-order chi connectivity index (χ1) is 19.1. The Morgan fingerprint density at radius 3 is 2.38 bits per heavy atom. The second kappa shape index (κ2) is 12.3. The Labute approximate surface area is 229 Å².